The van der Waals surface area contributed by atoms with Crippen molar-refractivity contribution in [2.45, 2.75) is 44.5 Å². The van der Waals surface area contributed by atoms with Crippen molar-refractivity contribution in [1.82, 2.24) is 0 Å². The standard InChI is InChI=1S/C12H16O5/c1-8(2)11(14)16-9-3-5-12(6-4-9)15-7-10(13)17-12/h9H,1,3-7H2,2H3. The number of esters is 2. The summed E-state index contributed by atoms with van der Waals surface area (Å²) in [4.78, 5) is 22.4. The Bertz CT molecular complexity index is 352. The number of rotatable bonds is 2. The van der Waals surface area contributed by atoms with E-state index in [1.54, 1.807) is 6.92 Å². The Balaban J connectivity index is 1.84. The molecule has 0 amide bonds. The first kappa shape index (κ1) is 12.1. The number of carbonyl (C=O) groups is 2. The number of ether oxygens (including phenoxy) is 3. The maximum atomic E-state index is 11.3. The fourth-order valence-electron chi connectivity index (χ4n) is 2.10. The van der Waals surface area contributed by atoms with Gasteiger partial charge in [-0.2, -0.15) is 0 Å². The molecule has 1 saturated carbocycles. The number of hydrogen-bond donors (Lipinski definition) is 0. The lowest BCUT2D eigenvalue weighted by atomic mass is 9.92. The summed E-state index contributed by atoms with van der Waals surface area (Å²) in [5.74, 6) is -1.44. The van der Waals surface area contributed by atoms with Crippen molar-refractivity contribution in [3.8, 4) is 0 Å². The minimum atomic E-state index is -0.761. The molecule has 0 aromatic carbocycles. The molecule has 5 heteroatoms. The topological polar surface area (TPSA) is 61.8 Å². The van der Waals surface area contributed by atoms with Gasteiger partial charge in [0, 0.05) is 18.4 Å². The summed E-state index contributed by atoms with van der Waals surface area (Å²) in [6, 6.07) is 0. The molecule has 1 aliphatic carbocycles. The predicted molar refractivity (Wildman–Crippen MR) is 57.9 cm³/mol. The van der Waals surface area contributed by atoms with Crippen molar-refractivity contribution in [2.75, 3.05) is 6.61 Å². The maximum absolute atomic E-state index is 11.3. The molecule has 0 aromatic heterocycles. The second-order valence-electron chi connectivity index (χ2n) is 4.56. The third kappa shape index (κ3) is 2.66. The van der Waals surface area contributed by atoms with Crippen LogP contribution in [0, 0.1) is 0 Å². The van der Waals surface area contributed by atoms with Gasteiger partial charge in [-0.05, 0) is 19.8 Å². The van der Waals surface area contributed by atoms with Crippen LogP contribution in [0.5, 0.6) is 0 Å². The van der Waals surface area contributed by atoms with Crippen LogP contribution >= 0.6 is 0 Å². The van der Waals surface area contributed by atoms with E-state index in [1.807, 2.05) is 0 Å². The van der Waals surface area contributed by atoms with Gasteiger partial charge in [-0.3, -0.25) is 0 Å². The van der Waals surface area contributed by atoms with Crippen molar-refractivity contribution in [3.63, 3.8) is 0 Å². The first-order valence-electron chi connectivity index (χ1n) is 5.73. The van der Waals surface area contributed by atoms with Crippen LogP contribution in [0.15, 0.2) is 12.2 Å². The SMILES string of the molecule is C=C(C)C(=O)OC1CCC2(CC1)OCC(=O)O2. The molecule has 0 radical (unpaired) electrons. The largest absolute Gasteiger partial charge is 0.459 e. The van der Waals surface area contributed by atoms with Crippen LogP contribution < -0.4 is 0 Å². The van der Waals surface area contributed by atoms with Gasteiger partial charge in [0.1, 0.15) is 12.7 Å². The van der Waals surface area contributed by atoms with Crippen molar-refractivity contribution in [1.29, 1.82) is 0 Å². The van der Waals surface area contributed by atoms with E-state index in [1.165, 1.54) is 0 Å². The van der Waals surface area contributed by atoms with E-state index in [9.17, 15) is 9.59 Å². The van der Waals surface area contributed by atoms with Crippen molar-refractivity contribution in [2.24, 2.45) is 0 Å². The molecule has 2 rings (SSSR count). The molecule has 1 saturated heterocycles. The zero-order valence-electron chi connectivity index (χ0n) is 9.86. The third-order valence-electron chi connectivity index (χ3n) is 3.07. The molecule has 5 nitrogen and oxygen atoms in total. The average molecular weight is 240 g/mol. The van der Waals surface area contributed by atoms with Gasteiger partial charge in [-0.15, -0.1) is 0 Å². The first-order chi connectivity index (χ1) is 8.01. The van der Waals surface area contributed by atoms with E-state index in [-0.39, 0.29) is 24.6 Å². The highest BCUT2D eigenvalue weighted by atomic mass is 16.8. The lowest BCUT2D eigenvalue weighted by Gasteiger charge is -2.34. The Morgan fingerprint density at radius 3 is 2.59 bits per heavy atom. The molecule has 1 heterocycles. The zero-order chi connectivity index (χ0) is 12.5. The second-order valence-corrected chi connectivity index (χ2v) is 4.56. The van der Waals surface area contributed by atoms with E-state index in [0.717, 1.165) is 0 Å². The summed E-state index contributed by atoms with van der Waals surface area (Å²) in [5, 5.41) is 0. The van der Waals surface area contributed by atoms with Gasteiger partial charge >= 0.3 is 11.9 Å². The summed E-state index contributed by atoms with van der Waals surface area (Å²) in [6.45, 7) is 5.18. The van der Waals surface area contributed by atoms with Crippen LogP contribution in [-0.2, 0) is 23.8 Å². The van der Waals surface area contributed by atoms with E-state index < -0.39 is 5.79 Å². The highest BCUT2D eigenvalue weighted by Crippen LogP contribution is 2.37. The van der Waals surface area contributed by atoms with Crippen LogP contribution in [0.2, 0.25) is 0 Å². The third-order valence-corrected chi connectivity index (χ3v) is 3.07. The Kier molecular flexibility index (Phi) is 3.19. The van der Waals surface area contributed by atoms with E-state index in [4.69, 9.17) is 14.2 Å². The van der Waals surface area contributed by atoms with Crippen LogP contribution in [0.4, 0.5) is 0 Å². The zero-order valence-corrected chi connectivity index (χ0v) is 9.86. The molecule has 0 bridgehead atoms. The Morgan fingerprint density at radius 1 is 1.47 bits per heavy atom. The van der Waals surface area contributed by atoms with Gasteiger partial charge in [0.15, 0.2) is 0 Å². The van der Waals surface area contributed by atoms with E-state index in [0.29, 0.717) is 31.3 Å². The Morgan fingerprint density at radius 2 is 2.12 bits per heavy atom. The lowest BCUT2D eigenvalue weighted by molar-refractivity contribution is -0.197. The molecule has 94 valence electrons. The van der Waals surface area contributed by atoms with Crippen molar-refractivity contribution >= 4 is 11.9 Å². The fourth-order valence-corrected chi connectivity index (χ4v) is 2.10. The quantitative estimate of drug-likeness (QED) is 0.538. The van der Waals surface area contributed by atoms with Crippen molar-refractivity contribution < 1.29 is 23.8 Å². The summed E-state index contributed by atoms with van der Waals surface area (Å²) in [6.07, 6.45) is 2.31. The highest BCUT2D eigenvalue weighted by molar-refractivity contribution is 5.87. The molecule has 2 fully saturated rings. The Hall–Kier alpha value is -1.36. The van der Waals surface area contributed by atoms with E-state index in [2.05, 4.69) is 6.58 Å². The van der Waals surface area contributed by atoms with Crippen LogP contribution in [0.3, 0.4) is 0 Å². The molecule has 0 atom stereocenters. The van der Waals surface area contributed by atoms with Crippen LogP contribution in [0.25, 0.3) is 0 Å². The normalized spacial score (nSPS) is 32.3. The van der Waals surface area contributed by atoms with Crippen molar-refractivity contribution in [3.05, 3.63) is 12.2 Å². The maximum Gasteiger partial charge on any atom is 0.334 e. The molecule has 0 N–H and O–H groups in total. The second kappa shape index (κ2) is 4.49. The summed E-state index contributed by atoms with van der Waals surface area (Å²) < 4.78 is 15.8. The van der Waals surface area contributed by atoms with Gasteiger partial charge in [0.05, 0.1) is 0 Å². The van der Waals surface area contributed by atoms with Crippen LogP contribution in [-0.4, -0.2) is 30.4 Å². The molecular formula is C12H16O5. The number of hydrogen-bond acceptors (Lipinski definition) is 5. The first-order valence-corrected chi connectivity index (χ1v) is 5.73. The van der Waals surface area contributed by atoms with Gasteiger partial charge < -0.3 is 14.2 Å². The predicted octanol–water partition coefficient (Wildman–Crippen LogP) is 1.32. The number of carbonyl (C=O) groups excluding carboxylic acids is 2. The van der Waals surface area contributed by atoms with Crippen LogP contribution in [0.1, 0.15) is 32.6 Å². The molecule has 0 aromatic rings. The van der Waals surface area contributed by atoms with Gasteiger partial charge in [0.25, 0.3) is 0 Å². The molecule has 1 spiro atoms. The minimum Gasteiger partial charge on any atom is -0.459 e. The molecule has 0 unspecified atom stereocenters. The lowest BCUT2D eigenvalue weighted by Crippen LogP contribution is -2.38. The van der Waals surface area contributed by atoms with Gasteiger partial charge in [-0.25, -0.2) is 9.59 Å². The molecule has 1 aliphatic heterocycles. The fraction of sp³-hybridized carbons (Fsp3) is 0.667. The summed E-state index contributed by atoms with van der Waals surface area (Å²) >= 11 is 0. The molecular weight excluding hydrogens is 224 g/mol. The van der Waals surface area contributed by atoms with Gasteiger partial charge in [0.2, 0.25) is 5.79 Å². The monoisotopic (exact) mass is 240 g/mol. The highest BCUT2D eigenvalue weighted by Gasteiger charge is 2.45. The molecule has 17 heavy (non-hydrogen) atoms. The smallest absolute Gasteiger partial charge is 0.334 e. The minimum absolute atomic E-state index is 0.0240. The average Bonchev–Trinajstić information content (AvgIpc) is 2.64. The summed E-state index contributed by atoms with van der Waals surface area (Å²) in [7, 11) is 0. The molecule has 2 aliphatic rings. The Labute approximate surface area is 99.7 Å². The van der Waals surface area contributed by atoms with E-state index >= 15 is 0 Å². The van der Waals surface area contributed by atoms with Gasteiger partial charge in [-0.1, -0.05) is 6.58 Å². The summed E-state index contributed by atoms with van der Waals surface area (Å²) in [5.41, 5.74) is 0.397.